The molecule has 2 heterocycles. The van der Waals surface area contributed by atoms with E-state index in [0.717, 1.165) is 5.39 Å². The van der Waals surface area contributed by atoms with E-state index in [1.807, 2.05) is 24.3 Å². The first-order valence-corrected chi connectivity index (χ1v) is 7.40. The van der Waals surface area contributed by atoms with Crippen LogP contribution in [0.1, 0.15) is 17.0 Å². The number of rotatable bonds is 1. The van der Waals surface area contributed by atoms with E-state index < -0.39 is 11.7 Å². The lowest BCUT2D eigenvalue weighted by Gasteiger charge is -2.27. The van der Waals surface area contributed by atoms with Gasteiger partial charge >= 0.3 is 0 Å². The van der Waals surface area contributed by atoms with Crippen molar-refractivity contribution in [3.05, 3.63) is 83.1 Å². The molecule has 1 aliphatic heterocycles. The standard InChI is InChI=1S/C19H12FN3O/c20-15-6-2-1-5-12(15)16-13-8-7-11-4-3-9-23-17(11)18(13)24-19(22)14(16)10-21/h1-9,16H,22H2/t16-/m0/s1. The Bertz CT molecular complexity index is 1040. The molecule has 0 saturated carbocycles. The third-order valence-corrected chi connectivity index (χ3v) is 4.17. The summed E-state index contributed by atoms with van der Waals surface area (Å²) in [6.07, 6.45) is 1.66. The Balaban J connectivity index is 2.05. The van der Waals surface area contributed by atoms with Gasteiger partial charge in [-0.05, 0) is 12.1 Å². The van der Waals surface area contributed by atoms with E-state index in [1.54, 1.807) is 24.4 Å². The van der Waals surface area contributed by atoms with E-state index >= 15 is 0 Å². The highest BCUT2D eigenvalue weighted by Gasteiger charge is 2.33. The van der Waals surface area contributed by atoms with Gasteiger partial charge in [0.15, 0.2) is 5.75 Å². The molecular weight excluding hydrogens is 305 g/mol. The van der Waals surface area contributed by atoms with Gasteiger partial charge < -0.3 is 10.5 Å². The Morgan fingerprint density at radius 3 is 2.71 bits per heavy atom. The minimum absolute atomic E-state index is 0.0172. The van der Waals surface area contributed by atoms with E-state index in [0.29, 0.717) is 22.4 Å². The summed E-state index contributed by atoms with van der Waals surface area (Å²) in [6, 6.07) is 15.9. The van der Waals surface area contributed by atoms with Gasteiger partial charge in [0.2, 0.25) is 5.88 Å². The molecule has 0 aliphatic carbocycles. The summed E-state index contributed by atoms with van der Waals surface area (Å²) in [5.41, 5.74) is 7.85. The zero-order chi connectivity index (χ0) is 16.7. The first-order chi connectivity index (χ1) is 11.7. The Morgan fingerprint density at radius 1 is 1.08 bits per heavy atom. The van der Waals surface area contributed by atoms with Crippen LogP contribution in [0.5, 0.6) is 5.75 Å². The average Bonchev–Trinajstić information content (AvgIpc) is 2.61. The van der Waals surface area contributed by atoms with Gasteiger partial charge in [0.05, 0.1) is 5.92 Å². The molecule has 2 N–H and O–H groups in total. The van der Waals surface area contributed by atoms with E-state index in [-0.39, 0.29) is 11.5 Å². The van der Waals surface area contributed by atoms with E-state index in [1.165, 1.54) is 6.07 Å². The van der Waals surface area contributed by atoms with Crippen LogP contribution in [0, 0.1) is 17.1 Å². The molecule has 24 heavy (non-hydrogen) atoms. The van der Waals surface area contributed by atoms with Gasteiger partial charge in [0.1, 0.15) is 23.0 Å². The van der Waals surface area contributed by atoms with Crippen LogP contribution >= 0.6 is 0 Å². The fraction of sp³-hybridized carbons (Fsp3) is 0.0526. The Hall–Kier alpha value is -3.39. The smallest absolute Gasteiger partial charge is 0.205 e. The van der Waals surface area contributed by atoms with Gasteiger partial charge in [-0.2, -0.15) is 5.26 Å². The van der Waals surface area contributed by atoms with Crippen molar-refractivity contribution in [2.75, 3.05) is 0 Å². The molecule has 116 valence electrons. The van der Waals surface area contributed by atoms with Gasteiger partial charge in [-0.1, -0.05) is 36.4 Å². The maximum absolute atomic E-state index is 14.4. The molecule has 0 saturated heterocycles. The van der Waals surface area contributed by atoms with Crippen LogP contribution in [-0.4, -0.2) is 4.98 Å². The number of nitrogens with two attached hydrogens (primary N) is 1. The SMILES string of the molecule is N#CC1=C(N)Oc2c(ccc3cccnc23)[C@@H]1c1ccccc1F. The summed E-state index contributed by atoms with van der Waals surface area (Å²) < 4.78 is 20.1. The molecule has 1 aromatic heterocycles. The highest BCUT2D eigenvalue weighted by Crippen LogP contribution is 2.45. The number of hydrogen-bond acceptors (Lipinski definition) is 4. The fourth-order valence-corrected chi connectivity index (χ4v) is 3.08. The zero-order valence-corrected chi connectivity index (χ0v) is 12.5. The Labute approximate surface area is 137 Å². The predicted octanol–water partition coefficient (Wildman–Crippen LogP) is 3.59. The molecule has 0 unspecified atom stereocenters. The topological polar surface area (TPSA) is 71.9 Å². The number of ether oxygens (including phenoxy) is 1. The monoisotopic (exact) mass is 317 g/mol. The largest absolute Gasteiger partial charge is 0.438 e. The third kappa shape index (κ3) is 2.01. The highest BCUT2D eigenvalue weighted by molar-refractivity contribution is 5.87. The summed E-state index contributed by atoms with van der Waals surface area (Å²) in [4.78, 5) is 4.35. The van der Waals surface area contributed by atoms with Gasteiger partial charge in [0, 0.05) is 22.7 Å². The summed E-state index contributed by atoms with van der Waals surface area (Å²) in [5.74, 6) is -0.558. The van der Waals surface area contributed by atoms with E-state index in [2.05, 4.69) is 11.1 Å². The van der Waals surface area contributed by atoms with Crippen molar-refractivity contribution in [3.63, 3.8) is 0 Å². The molecule has 2 aromatic carbocycles. The third-order valence-electron chi connectivity index (χ3n) is 4.17. The molecule has 0 amide bonds. The van der Waals surface area contributed by atoms with Gasteiger partial charge in [-0.15, -0.1) is 0 Å². The first-order valence-electron chi connectivity index (χ1n) is 7.40. The number of aromatic nitrogens is 1. The minimum atomic E-state index is -0.619. The van der Waals surface area contributed by atoms with Gasteiger partial charge in [0.25, 0.3) is 0 Å². The number of hydrogen-bond donors (Lipinski definition) is 1. The summed E-state index contributed by atoms with van der Waals surface area (Å²) in [5, 5.41) is 10.4. The summed E-state index contributed by atoms with van der Waals surface area (Å²) in [7, 11) is 0. The molecule has 0 bridgehead atoms. The van der Waals surface area contributed by atoms with E-state index in [4.69, 9.17) is 10.5 Å². The van der Waals surface area contributed by atoms with Crippen LogP contribution in [-0.2, 0) is 0 Å². The van der Waals surface area contributed by atoms with Crippen LogP contribution < -0.4 is 10.5 Å². The summed E-state index contributed by atoms with van der Waals surface area (Å²) >= 11 is 0. The van der Waals surface area contributed by atoms with Crippen molar-refractivity contribution in [2.45, 2.75) is 5.92 Å². The lowest BCUT2D eigenvalue weighted by Crippen LogP contribution is -2.22. The molecule has 0 spiro atoms. The molecule has 1 aliphatic rings. The quantitative estimate of drug-likeness (QED) is 0.744. The number of nitriles is 1. The number of benzene rings is 2. The average molecular weight is 317 g/mol. The zero-order valence-electron chi connectivity index (χ0n) is 12.5. The molecule has 0 fully saturated rings. The number of allylic oxidation sites excluding steroid dienone is 1. The van der Waals surface area contributed by atoms with Crippen LogP contribution in [0.25, 0.3) is 10.9 Å². The van der Waals surface area contributed by atoms with Gasteiger partial charge in [-0.3, -0.25) is 4.98 Å². The normalized spacial score (nSPS) is 16.4. The van der Waals surface area contributed by atoms with Crippen LogP contribution in [0.4, 0.5) is 4.39 Å². The lowest BCUT2D eigenvalue weighted by molar-refractivity contribution is 0.396. The molecule has 1 atom stereocenters. The number of pyridine rings is 1. The lowest BCUT2D eigenvalue weighted by atomic mass is 9.83. The number of fused-ring (bicyclic) bond motifs is 3. The van der Waals surface area contributed by atoms with Crippen molar-refractivity contribution >= 4 is 10.9 Å². The van der Waals surface area contributed by atoms with Crippen LogP contribution in [0.2, 0.25) is 0 Å². The highest BCUT2D eigenvalue weighted by atomic mass is 19.1. The minimum Gasteiger partial charge on any atom is -0.438 e. The van der Waals surface area contributed by atoms with Crippen LogP contribution in [0.3, 0.4) is 0 Å². The number of halogens is 1. The Kier molecular flexibility index (Phi) is 3.17. The molecule has 3 aromatic rings. The molecule has 4 nitrogen and oxygen atoms in total. The second-order valence-corrected chi connectivity index (χ2v) is 5.51. The fourth-order valence-electron chi connectivity index (χ4n) is 3.08. The second kappa shape index (κ2) is 5.36. The van der Waals surface area contributed by atoms with Crippen molar-refractivity contribution in [1.82, 2.24) is 4.98 Å². The maximum atomic E-state index is 14.4. The van der Waals surface area contributed by atoms with Crippen molar-refractivity contribution in [3.8, 4) is 11.8 Å². The van der Waals surface area contributed by atoms with Crippen LogP contribution in [0.15, 0.2) is 66.2 Å². The van der Waals surface area contributed by atoms with Gasteiger partial charge in [-0.25, -0.2) is 4.39 Å². The first kappa shape index (κ1) is 14.2. The Morgan fingerprint density at radius 2 is 1.92 bits per heavy atom. The molecule has 5 heteroatoms. The summed E-state index contributed by atoms with van der Waals surface area (Å²) in [6.45, 7) is 0. The predicted molar refractivity (Wildman–Crippen MR) is 87.4 cm³/mol. The van der Waals surface area contributed by atoms with Crippen molar-refractivity contribution < 1.29 is 9.13 Å². The van der Waals surface area contributed by atoms with E-state index in [9.17, 15) is 9.65 Å². The molecule has 0 radical (unpaired) electrons. The van der Waals surface area contributed by atoms with Crippen molar-refractivity contribution in [2.24, 2.45) is 5.73 Å². The maximum Gasteiger partial charge on any atom is 0.205 e. The second-order valence-electron chi connectivity index (χ2n) is 5.51. The number of nitrogens with zero attached hydrogens (tertiary/aromatic N) is 2. The molecular formula is C19H12FN3O. The molecule has 4 rings (SSSR count). The van der Waals surface area contributed by atoms with Crippen molar-refractivity contribution in [1.29, 1.82) is 5.26 Å².